The maximum absolute atomic E-state index is 9.26. The van der Waals surface area contributed by atoms with E-state index in [1.807, 2.05) is 60.7 Å². The number of hydrogen-bond acceptors (Lipinski definition) is 0. The monoisotopic (exact) mass is 516 g/mol. The minimum absolute atomic E-state index is 0.0188. The molecular weight excluding hydrogens is 480 g/mol. The second-order valence-corrected chi connectivity index (χ2v) is 9.73. The Labute approximate surface area is 247 Å². The van der Waals surface area contributed by atoms with Gasteiger partial charge in [-0.2, -0.15) is 0 Å². The minimum Gasteiger partial charge on any atom is -0.0622 e. The standard InChI is InChI=1S/C40H26/c1-2-13-28(14-3-1)39-35-16-6-8-18-37(35)40(38-19-9-7-17-36(38)39)34-23-11-21-32-31(20-10-22-33(32)34)30-25-24-27-12-4-5-15-29(27)26-30/h1-26H/i2D,6D,7D,8D,9D,13D,16D,17D,18D,19D. The summed E-state index contributed by atoms with van der Waals surface area (Å²) >= 11 is 0. The largest absolute Gasteiger partial charge is 0.0629 e. The molecule has 0 aliphatic heterocycles. The summed E-state index contributed by atoms with van der Waals surface area (Å²) in [4.78, 5) is 0. The molecule has 8 aromatic rings. The zero-order valence-corrected chi connectivity index (χ0v) is 21.2. The highest BCUT2D eigenvalue weighted by Gasteiger charge is 2.18. The van der Waals surface area contributed by atoms with Gasteiger partial charge < -0.3 is 0 Å². The fourth-order valence-electron chi connectivity index (χ4n) is 5.80. The first-order valence-electron chi connectivity index (χ1n) is 18.0. The minimum atomic E-state index is -0.514. The van der Waals surface area contributed by atoms with Crippen LogP contribution in [0, 0.1) is 0 Å². The molecule has 0 heteroatoms. The molecule has 0 aromatic heterocycles. The second-order valence-electron chi connectivity index (χ2n) is 9.73. The first kappa shape index (κ1) is 14.8. The normalized spacial score (nSPS) is 15.0. The predicted molar refractivity (Wildman–Crippen MR) is 173 cm³/mol. The van der Waals surface area contributed by atoms with Crippen LogP contribution in [0.3, 0.4) is 0 Å². The van der Waals surface area contributed by atoms with E-state index in [-0.39, 0.29) is 62.4 Å². The summed E-state index contributed by atoms with van der Waals surface area (Å²) in [6.45, 7) is 0. The first-order chi connectivity index (χ1) is 24.0. The molecule has 0 radical (unpaired) electrons. The molecule has 0 aliphatic rings. The fourth-order valence-corrected chi connectivity index (χ4v) is 5.80. The van der Waals surface area contributed by atoms with Crippen LogP contribution in [0.15, 0.2) is 157 Å². The van der Waals surface area contributed by atoms with Gasteiger partial charge in [0.05, 0.1) is 13.7 Å². The zero-order valence-electron chi connectivity index (χ0n) is 31.2. The molecule has 0 nitrogen and oxygen atoms in total. The molecule has 0 saturated heterocycles. The van der Waals surface area contributed by atoms with Gasteiger partial charge in [0, 0.05) is 0 Å². The lowest BCUT2D eigenvalue weighted by Gasteiger charge is -2.19. The van der Waals surface area contributed by atoms with Crippen molar-refractivity contribution in [2.24, 2.45) is 0 Å². The van der Waals surface area contributed by atoms with Crippen LogP contribution in [0.25, 0.3) is 76.5 Å². The van der Waals surface area contributed by atoms with Crippen LogP contribution in [0.2, 0.25) is 0 Å². The van der Waals surface area contributed by atoms with Gasteiger partial charge in [0.15, 0.2) is 0 Å². The summed E-state index contributed by atoms with van der Waals surface area (Å²) in [6, 6.07) is 26.4. The fraction of sp³-hybridized carbons (Fsp3) is 0. The zero-order chi connectivity index (χ0) is 35.2. The van der Waals surface area contributed by atoms with Crippen molar-refractivity contribution in [3.63, 3.8) is 0 Å². The molecule has 8 rings (SSSR count). The summed E-state index contributed by atoms with van der Waals surface area (Å²) < 4.78 is 88.9. The van der Waals surface area contributed by atoms with Gasteiger partial charge in [-0.15, -0.1) is 0 Å². The van der Waals surface area contributed by atoms with E-state index in [4.69, 9.17) is 8.22 Å². The Hall–Kier alpha value is -5.20. The highest BCUT2D eigenvalue weighted by molar-refractivity contribution is 6.24. The van der Waals surface area contributed by atoms with Gasteiger partial charge in [0.25, 0.3) is 0 Å². The lowest BCUT2D eigenvalue weighted by molar-refractivity contribution is 1.65. The van der Waals surface area contributed by atoms with Gasteiger partial charge in [-0.05, 0) is 82.5 Å². The lowest BCUT2D eigenvalue weighted by Crippen LogP contribution is -1.92. The van der Waals surface area contributed by atoms with Crippen molar-refractivity contribution in [1.29, 1.82) is 0 Å². The Balaban J connectivity index is 1.62. The summed E-state index contributed by atoms with van der Waals surface area (Å²) in [5, 5.41) is 3.93. The van der Waals surface area contributed by atoms with Crippen LogP contribution in [-0.4, -0.2) is 0 Å². The molecule has 0 unspecified atom stereocenters. The molecular formula is C40H26. The number of rotatable bonds is 3. The number of hydrogen-bond donors (Lipinski definition) is 0. The summed E-state index contributed by atoms with van der Waals surface area (Å²) in [7, 11) is 0. The maximum Gasteiger partial charge on any atom is 0.0629 e. The smallest absolute Gasteiger partial charge is 0.0622 e. The van der Waals surface area contributed by atoms with Crippen LogP contribution >= 0.6 is 0 Å². The predicted octanol–water partition coefficient (Wildman–Crippen LogP) is 11.3. The van der Waals surface area contributed by atoms with Crippen molar-refractivity contribution < 1.29 is 13.7 Å². The summed E-state index contributed by atoms with van der Waals surface area (Å²) in [5.74, 6) is 0. The lowest BCUT2D eigenvalue weighted by atomic mass is 9.84. The Morgan fingerprint density at radius 3 is 1.68 bits per heavy atom. The van der Waals surface area contributed by atoms with E-state index in [0.29, 0.717) is 5.56 Å². The van der Waals surface area contributed by atoms with Gasteiger partial charge in [-0.1, -0.05) is 151 Å². The summed E-state index contributed by atoms with van der Waals surface area (Å²) in [6.07, 6.45) is 0. The van der Waals surface area contributed by atoms with Gasteiger partial charge in [0.1, 0.15) is 0 Å². The van der Waals surface area contributed by atoms with E-state index in [2.05, 4.69) is 18.2 Å². The number of benzene rings is 8. The van der Waals surface area contributed by atoms with Crippen molar-refractivity contribution in [2.45, 2.75) is 0 Å². The van der Waals surface area contributed by atoms with Crippen molar-refractivity contribution >= 4 is 43.1 Å². The molecule has 0 spiro atoms. The molecule has 0 amide bonds. The maximum atomic E-state index is 9.26. The molecule has 0 bridgehead atoms. The van der Waals surface area contributed by atoms with Crippen molar-refractivity contribution in [3.8, 4) is 33.4 Å². The van der Waals surface area contributed by atoms with Crippen LogP contribution < -0.4 is 0 Å². The molecule has 0 heterocycles. The van der Waals surface area contributed by atoms with Gasteiger partial charge in [-0.25, -0.2) is 0 Å². The third-order valence-electron chi connectivity index (χ3n) is 7.55. The molecule has 0 saturated carbocycles. The Morgan fingerprint density at radius 2 is 0.950 bits per heavy atom. The van der Waals surface area contributed by atoms with E-state index in [9.17, 15) is 5.48 Å². The molecule has 40 heavy (non-hydrogen) atoms. The van der Waals surface area contributed by atoms with Crippen LogP contribution in [0.4, 0.5) is 0 Å². The van der Waals surface area contributed by atoms with Crippen LogP contribution in [-0.2, 0) is 0 Å². The third-order valence-corrected chi connectivity index (χ3v) is 7.55. The van der Waals surface area contributed by atoms with E-state index >= 15 is 0 Å². The van der Waals surface area contributed by atoms with Gasteiger partial charge in [-0.3, -0.25) is 0 Å². The molecule has 0 fully saturated rings. The van der Waals surface area contributed by atoms with Gasteiger partial charge >= 0.3 is 0 Å². The average molecular weight is 517 g/mol. The SMILES string of the molecule is [2H]c1cccc(-c2c3c([2H])c([2H])c([2H])c([2H])c3c(-c3cccc4c(-c5ccc6ccccc6c5)cccc34)c3c([2H])c([2H])c([2H])c([2H])c23)c1[2H]. The molecule has 0 aliphatic carbocycles. The van der Waals surface area contributed by atoms with Crippen molar-refractivity contribution in [3.05, 3.63) is 157 Å². The van der Waals surface area contributed by atoms with Crippen LogP contribution in [0.5, 0.6) is 0 Å². The first-order valence-corrected chi connectivity index (χ1v) is 13.0. The Kier molecular flexibility index (Phi) is 3.42. The Morgan fingerprint density at radius 1 is 0.350 bits per heavy atom. The highest BCUT2D eigenvalue weighted by atomic mass is 14.2. The highest BCUT2D eigenvalue weighted by Crippen LogP contribution is 2.46. The average Bonchev–Trinajstić information content (AvgIpc) is 3.13. The van der Waals surface area contributed by atoms with Gasteiger partial charge in [0.2, 0.25) is 0 Å². The Bertz CT molecular complexity index is 2690. The van der Waals surface area contributed by atoms with Crippen LogP contribution in [0.1, 0.15) is 13.7 Å². The van der Waals surface area contributed by atoms with E-state index in [1.54, 1.807) is 12.1 Å². The second kappa shape index (κ2) is 9.22. The van der Waals surface area contributed by atoms with E-state index < -0.39 is 36.3 Å². The molecule has 0 N–H and O–H groups in total. The topological polar surface area (TPSA) is 0 Å². The molecule has 0 atom stereocenters. The van der Waals surface area contributed by atoms with Crippen molar-refractivity contribution in [2.75, 3.05) is 0 Å². The van der Waals surface area contributed by atoms with E-state index in [0.717, 1.165) is 32.7 Å². The van der Waals surface area contributed by atoms with Crippen molar-refractivity contribution in [1.82, 2.24) is 0 Å². The third kappa shape index (κ3) is 3.54. The van der Waals surface area contributed by atoms with E-state index in [1.165, 1.54) is 6.07 Å². The number of fused-ring (bicyclic) bond motifs is 4. The summed E-state index contributed by atoms with van der Waals surface area (Å²) in [5.41, 5.74) is 2.86. The molecule has 8 aromatic carbocycles. The quantitative estimate of drug-likeness (QED) is 0.205. The molecule has 186 valence electrons.